The van der Waals surface area contributed by atoms with Gasteiger partial charge in [-0.1, -0.05) is 13.8 Å². The number of hydrogen-bond donors (Lipinski definition) is 0. The summed E-state index contributed by atoms with van der Waals surface area (Å²) >= 11 is 0. The van der Waals surface area contributed by atoms with Crippen LogP contribution < -0.4 is 0 Å². The molecule has 1 fully saturated rings. The first-order chi connectivity index (χ1) is 4.10. The van der Waals surface area contributed by atoms with E-state index in [1.165, 1.54) is 0 Å². The molecule has 0 aliphatic carbocycles. The smallest absolute Gasteiger partial charge is 0.167 e. The van der Waals surface area contributed by atoms with Gasteiger partial charge in [0.1, 0.15) is 0 Å². The zero-order valence-corrected chi connectivity index (χ0v) is 7.07. The van der Waals surface area contributed by atoms with E-state index in [2.05, 4.69) is 13.8 Å². The molecule has 0 unspecified atom stereocenters. The second-order valence-corrected chi connectivity index (χ2v) is 4.55. The summed E-state index contributed by atoms with van der Waals surface area (Å²) in [6.45, 7) is 7.97. The Morgan fingerprint density at radius 1 is 1.22 bits per heavy atom. The molecular formula is C6H13O2P. The van der Waals surface area contributed by atoms with Crippen molar-refractivity contribution in [3.05, 3.63) is 0 Å². The van der Waals surface area contributed by atoms with Crippen LogP contribution >= 0.6 is 8.38 Å². The van der Waals surface area contributed by atoms with Crippen LogP contribution in [0.25, 0.3) is 0 Å². The third-order valence-corrected chi connectivity index (χ3v) is 2.26. The van der Waals surface area contributed by atoms with E-state index >= 15 is 0 Å². The molecule has 54 valence electrons. The Balaban J connectivity index is 2.35. The Morgan fingerprint density at radius 3 is 2.00 bits per heavy atom. The van der Waals surface area contributed by atoms with Gasteiger partial charge in [-0.2, -0.15) is 0 Å². The molecule has 0 bridgehead atoms. The molecule has 1 heterocycles. The molecule has 1 aliphatic heterocycles. The minimum atomic E-state index is -0.550. The van der Waals surface area contributed by atoms with E-state index in [1.54, 1.807) is 0 Å². The Bertz CT molecular complexity index is 93.2. The molecule has 0 atom stereocenters. The number of hydrogen-bond acceptors (Lipinski definition) is 2. The van der Waals surface area contributed by atoms with E-state index in [-0.39, 0.29) is 5.41 Å². The van der Waals surface area contributed by atoms with Crippen LogP contribution in [0.1, 0.15) is 13.8 Å². The predicted molar refractivity (Wildman–Crippen MR) is 38.5 cm³/mol. The Hall–Kier alpha value is 0.350. The van der Waals surface area contributed by atoms with Gasteiger partial charge in [0, 0.05) is 12.1 Å². The molecule has 0 aromatic heterocycles. The molecular weight excluding hydrogens is 135 g/mol. The van der Waals surface area contributed by atoms with Gasteiger partial charge in [0.2, 0.25) is 0 Å². The minimum Gasteiger partial charge on any atom is -0.334 e. The summed E-state index contributed by atoms with van der Waals surface area (Å²) in [6, 6.07) is 0. The fourth-order valence-corrected chi connectivity index (χ4v) is 1.75. The van der Waals surface area contributed by atoms with Crippen molar-refractivity contribution in [3.8, 4) is 0 Å². The zero-order valence-electron chi connectivity index (χ0n) is 6.18. The molecule has 0 aromatic rings. The highest BCUT2D eigenvalue weighted by atomic mass is 31.2. The fourth-order valence-electron chi connectivity index (χ4n) is 0.610. The van der Waals surface area contributed by atoms with Crippen molar-refractivity contribution in [1.29, 1.82) is 0 Å². The van der Waals surface area contributed by atoms with E-state index in [0.717, 1.165) is 13.2 Å². The van der Waals surface area contributed by atoms with Crippen molar-refractivity contribution < 1.29 is 9.05 Å². The van der Waals surface area contributed by atoms with E-state index in [4.69, 9.17) is 9.05 Å². The van der Waals surface area contributed by atoms with Gasteiger partial charge in [-0.25, -0.2) is 0 Å². The molecule has 3 heteroatoms. The van der Waals surface area contributed by atoms with Crippen LogP contribution in [0.4, 0.5) is 0 Å². The summed E-state index contributed by atoms with van der Waals surface area (Å²) in [6.07, 6.45) is 0. The highest BCUT2D eigenvalue weighted by molar-refractivity contribution is 7.46. The van der Waals surface area contributed by atoms with Gasteiger partial charge in [-0.05, 0) is 0 Å². The van der Waals surface area contributed by atoms with E-state index < -0.39 is 8.38 Å². The van der Waals surface area contributed by atoms with Crippen LogP contribution in [0, 0.1) is 5.41 Å². The maximum absolute atomic E-state index is 5.34. The molecule has 0 spiro atoms. The van der Waals surface area contributed by atoms with E-state index in [9.17, 15) is 0 Å². The van der Waals surface area contributed by atoms with Crippen molar-refractivity contribution in [3.63, 3.8) is 0 Å². The SMILES string of the molecule is CP1OCC(C)(C)CO1. The molecule has 0 saturated carbocycles. The first kappa shape index (κ1) is 7.46. The second-order valence-electron chi connectivity index (χ2n) is 3.15. The van der Waals surface area contributed by atoms with Gasteiger partial charge in [-0.15, -0.1) is 0 Å². The van der Waals surface area contributed by atoms with Crippen LogP contribution in [0.2, 0.25) is 0 Å². The Kier molecular flexibility index (Phi) is 2.10. The Morgan fingerprint density at radius 2 is 1.67 bits per heavy atom. The molecule has 1 aliphatic rings. The molecule has 1 rings (SSSR count). The molecule has 0 N–H and O–H groups in total. The molecule has 9 heavy (non-hydrogen) atoms. The van der Waals surface area contributed by atoms with Gasteiger partial charge >= 0.3 is 0 Å². The van der Waals surface area contributed by atoms with Crippen LogP contribution in [-0.2, 0) is 9.05 Å². The maximum atomic E-state index is 5.34. The second kappa shape index (κ2) is 2.53. The normalized spacial score (nSPS) is 28.3. The van der Waals surface area contributed by atoms with E-state index in [1.807, 2.05) is 6.66 Å². The van der Waals surface area contributed by atoms with Crippen molar-refractivity contribution in [2.24, 2.45) is 5.41 Å². The molecule has 1 saturated heterocycles. The molecule has 0 amide bonds. The highest BCUT2D eigenvalue weighted by Gasteiger charge is 2.26. The van der Waals surface area contributed by atoms with Gasteiger partial charge in [0.05, 0.1) is 13.2 Å². The van der Waals surface area contributed by atoms with Gasteiger partial charge < -0.3 is 9.05 Å². The number of rotatable bonds is 0. The van der Waals surface area contributed by atoms with Crippen molar-refractivity contribution >= 4 is 8.38 Å². The summed E-state index contributed by atoms with van der Waals surface area (Å²) in [5.41, 5.74) is 0.231. The van der Waals surface area contributed by atoms with Crippen LogP contribution in [0.3, 0.4) is 0 Å². The maximum Gasteiger partial charge on any atom is 0.167 e. The molecule has 0 radical (unpaired) electrons. The standard InChI is InChI=1S/C6H13O2P/c1-6(2)4-7-9(3)8-5-6/h4-5H2,1-3H3. The average molecular weight is 148 g/mol. The lowest BCUT2D eigenvalue weighted by Crippen LogP contribution is -2.27. The van der Waals surface area contributed by atoms with Crippen LogP contribution in [-0.4, -0.2) is 19.9 Å². The summed E-state index contributed by atoms with van der Waals surface area (Å²) in [7, 11) is -0.550. The van der Waals surface area contributed by atoms with Crippen molar-refractivity contribution in [2.45, 2.75) is 13.8 Å². The van der Waals surface area contributed by atoms with Crippen LogP contribution in [0.5, 0.6) is 0 Å². The molecule has 2 nitrogen and oxygen atoms in total. The zero-order chi connectivity index (χ0) is 6.91. The largest absolute Gasteiger partial charge is 0.334 e. The third kappa shape index (κ3) is 2.21. The topological polar surface area (TPSA) is 18.5 Å². The van der Waals surface area contributed by atoms with Gasteiger partial charge in [0.15, 0.2) is 8.38 Å². The first-order valence-electron chi connectivity index (χ1n) is 3.10. The lowest BCUT2D eigenvalue weighted by molar-refractivity contribution is 0.0637. The lowest BCUT2D eigenvalue weighted by Gasteiger charge is -2.31. The Labute approximate surface area is 57.5 Å². The van der Waals surface area contributed by atoms with E-state index in [0.29, 0.717) is 0 Å². The highest BCUT2D eigenvalue weighted by Crippen LogP contribution is 2.42. The lowest BCUT2D eigenvalue weighted by atomic mass is 9.97. The monoisotopic (exact) mass is 148 g/mol. The first-order valence-corrected chi connectivity index (χ1v) is 4.72. The molecule has 0 aromatic carbocycles. The quantitative estimate of drug-likeness (QED) is 0.489. The van der Waals surface area contributed by atoms with Crippen LogP contribution in [0.15, 0.2) is 0 Å². The van der Waals surface area contributed by atoms with Gasteiger partial charge in [0.25, 0.3) is 0 Å². The summed E-state index contributed by atoms with van der Waals surface area (Å²) in [5.74, 6) is 0. The minimum absolute atomic E-state index is 0.231. The van der Waals surface area contributed by atoms with Crippen molar-refractivity contribution in [2.75, 3.05) is 19.9 Å². The fraction of sp³-hybridized carbons (Fsp3) is 1.00. The van der Waals surface area contributed by atoms with Crippen molar-refractivity contribution in [1.82, 2.24) is 0 Å². The third-order valence-electron chi connectivity index (χ3n) is 1.27. The van der Waals surface area contributed by atoms with Gasteiger partial charge in [-0.3, -0.25) is 0 Å². The predicted octanol–water partition coefficient (Wildman–Crippen LogP) is 2.00. The summed E-state index contributed by atoms with van der Waals surface area (Å²) in [4.78, 5) is 0. The summed E-state index contributed by atoms with van der Waals surface area (Å²) in [5, 5.41) is 0. The average Bonchev–Trinajstić information content (AvgIpc) is 1.78. The summed E-state index contributed by atoms with van der Waals surface area (Å²) < 4.78 is 10.7.